The standard InChI is InChI=1S/C21H27F2N3O3.HI/c1-4-24-21(25-13-15-9-11-17(27-3)12-10-15)26-14-16-7-6-8-18(28-5-2)19(16)29-20(22)23;/h6-12,20H,4-5,13-14H2,1-3H3,(H2,24,25,26);1H. The molecule has 0 aliphatic rings. The summed E-state index contributed by atoms with van der Waals surface area (Å²) >= 11 is 0. The highest BCUT2D eigenvalue weighted by Gasteiger charge is 2.16. The summed E-state index contributed by atoms with van der Waals surface area (Å²) in [6.45, 7) is 2.51. The summed E-state index contributed by atoms with van der Waals surface area (Å²) in [5.41, 5.74) is 1.56. The predicted octanol–water partition coefficient (Wildman–Crippen LogP) is 4.57. The van der Waals surface area contributed by atoms with Crippen molar-refractivity contribution in [3.8, 4) is 17.2 Å². The lowest BCUT2D eigenvalue weighted by Crippen LogP contribution is -2.36. The SMILES string of the molecule is CCNC(=NCc1ccc(OC)cc1)NCc1cccc(OCC)c1OC(F)F.I. The van der Waals surface area contributed by atoms with Gasteiger partial charge in [-0.05, 0) is 37.6 Å². The van der Waals surface area contributed by atoms with Crippen LogP contribution in [-0.2, 0) is 13.1 Å². The van der Waals surface area contributed by atoms with Crippen LogP contribution in [-0.4, -0.2) is 32.8 Å². The van der Waals surface area contributed by atoms with E-state index in [-0.39, 0.29) is 42.0 Å². The van der Waals surface area contributed by atoms with Gasteiger partial charge in [-0.25, -0.2) is 4.99 Å². The molecule has 0 radical (unpaired) electrons. The van der Waals surface area contributed by atoms with E-state index in [1.165, 1.54) is 0 Å². The van der Waals surface area contributed by atoms with Crippen molar-refractivity contribution >= 4 is 29.9 Å². The van der Waals surface area contributed by atoms with Crippen LogP contribution in [0.25, 0.3) is 0 Å². The number of hydrogen-bond acceptors (Lipinski definition) is 4. The summed E-state index contributed by atoms with van der Waals surface area (Å²) < 4.78 is 41.0. The first-order valence-electron chi connectivity index (χ1n) is 9.42. The average molecular weight is 535 g/mol. The molecule has 9 heteroatoms. The minimum atomic E-state index is -2.94. The largest absolute Gasteiger partial charge is 0.497 e. The summed E-state index contributed by atoms with van der Waals surface area (Å²) in [5, 5.41) is 6.29. The number of ether oxygens (including phenoxy) is 3. The Hall–Kier alpha value is -2.30. The Bertz CT molecular complexity index is 790. The van der Waals surface area contributed by atoms with Crippen LogP contribution in [0.4, 0.5) is 8.78 Å². The highest BCUT2D eigenvalue weighted by Crippen LogP contribution is 2.32. The quantitative estimate of drug-likeness (QED) is 0.265. The molecule has 0 atom stereocenters. The summed E-state index contributed by atoms with van der Waals surface area (Å²) in [6, 6.07) is 12.7. The molecule has 0 spiro atoms. The zero-order chi connectivity index (χ0) is 21.1. The number of halogens is 3. The van der Waals surface area contributed by atoms with Crippen LogP contribution in [0.15, 0.2) is 47.5 Å². The van der Waals surface area contributed by atoms with Gasteiger partial charge in [0, 0.05) is 18.7 Å². The van der Waals surface area contributed by atoms with Gasteiger partial charge in [-0.15, -0.1) is 24.0 Å². The topological polar surface area (TPSA) is 64.1 Å². The number of rotatable bonds is 10. The molecule has 0 unspecified atom stereocenters. The average Bonchev–Trinajstić information content (AvgIpc) is 2.72. The molecule has 0 heterocycles. The Morgan fingerprint density at radius 3 is 2.40 bits per heavy atom. The molecule has 0 fully saturated rings. The van der Waals surface area contributed by atoms with Gasteiger partial charge in [0.05, 0.1) is 20.3 Å². The fourth-order valence-electron chi connectivity index (χ4n) is 2.61. The molecule has 0 aliphatic carbocycles. The normalized spacial score (nSPS) is 10.9. The number of hydrogen-bond donors (Lipinski definition) is 2. The fraction of sp³-hybridized carbons (Fsp3) is 0.381. The predicted molar refractivity (Wildman–Crippen MR) is 124 cm³/mol. The van der Waals surface area contributed by atoms with Gasteiger partial charge in [0.1, 0.15) is 5.75 Å². The molecule has 0 saturated carbocycles. The van der Waals surface area contributed by atoms with E-state index in [1.54, 1.807) is 32.2 Å². The first-order valence-corrected chi connectivity index (χ1v) is 9.42. The van der Waals surface area contributed by atoms with Crippen molar-refractivity contribution in [2.45, 2.75) is 33.5 Å². The Kier molecular flexibility index (Phi) is 11.9. The van der Waals surface area contributed by atoms with E-state index in [0.717, 1.165) is 11.3 Å². The minimum Gasteiger partial charge on any atom is -0.497 e. The molecule has 0 aliphatic heterocycles. The number of nitrogens with one attached hydrogen (secondary N) is 2. The van der Waals surface area contributed by atoms with Gasteiger partial charge in [-0.2, -0.15) is 8.78 Å². The Morgan fingerprint density at radius 1 is 1.07 bits per heavy atom. The van der Waals surface area contributed by atoms with Crippen LogP contribution in [0.5, 0.6) is 17.2 Å². The van der Waals surface area contributed by atoms with E-state index >= 15 is 0 Å². The number of guanidine groups is 1. The van der Waals surface area contributed by atoms with E-state index in [0.29, 0.717) is 31.2 Å². The van der Waals surface area contributed by atoms with Crippen molar-refractivity contribution in [3.63, 3.8) is 0 Å². The highest BCUT2D eigenvalue weighted by molar-refractivity contribution is 14.0. The number of para-hydroxylation sites is 1. The second-order valence-electron chi connectivity index (χ2n) is 5.95. The second kappa shape index (κ2) is 13.8. The summed E-state index contributed by atoms with van der Waals surface area (Å²) in [5.74, 6) is 1.66. The maximum Gasteiger partial charge on any atom is 0.387 e. The Labute approximate surface area is 193 Å². The number of benzene rings is 2. The second-order valence-corrected chi connectivity index (χ2v) is 5.95. The molecule has 0 bridgehead atoms. The van der Waals surface area contributed by atoms with E-state index in [4.69, 9.17) is 14.2 Å². The van der Waals surface area contributed by atoms with Crippen LogP contribution in [0, 0.1) is 0 Å². The molecule has 0 saturated heterocycles. The van der Waals surface area contributed by atoms with Gasteiger partial charge in [0.2, 0.25) is 0 Å². The molecule has 2 N–H and O–H groups in total. The lowest BCUT2D eigenvalue weighted by Gasteiger charge is -2.17. The fourth-order valence-corrected chi connectivity index (χ4v) is 2.61. The highest BCUT2D eigenvalue weighted by atomic mass is 127. The zero-order valence-electron chi connectivity index (χ0n) is 17.3. The third-order valence-electron chi connectivity index (χ3n) is 3.94. The first-order chi connectivity index (χ1) is 14.1. The van der Waals surface area contributed by atoms with Gasteiger partial charge in [0.25, 0.3) is 0 Å². The molecule has 30 heavy (non-hydrogen) atoms. The van der Waals surface area contributed by atoms with Gasteiger partial charge >= 0.3 is 6.61 Å². The third kappa shape index (κ3) is 8.21. The lowest BCUT2D eigenvalue weighted by molar-refractivity contribution is -0.0520. The summed E-state index contributed by atoms with van der Waals surface area (Å²) in [4.78, 5) is 4.54. The van der Waals surface area contributed by atoms with Crippen LogP contribution in [0.2, 0.25) is 0 Å². The Morgan fingerprint density at radius 2 is 1.80 bits per heavy atom. The van der Waals surface area contributed by atoms with E-state index in [9.17, 15) is 8.78 Å². The van der Waals surface area contributed by atoms with Gasteiger partial charge < -0.3 is 24.8 Å². The first kappa shape index (κ1) is 25.7. The zero-order valence-corrected chi connectivity index (χ0v) is 19.6. The van der Waals surface area contributed by atoms with Gasteiger partial charge in [-0.1, -0.05) is 24.3 Å². The number of nitrogens with zero attached hydrogens (tertiary/aromatic N) is 1. The maximum absolute atomic E-state index is 12.9. The van der Waals surface area contributed by atoms with E-state index < -0.39 is 6.61 Å². The van der Waals surface area contributed by atoms with Crippen molar-refractivity contribution in [2.75, 3.05) is 20.3 Å². The van der Waals surface area contributed by atoms with Crippen molar-refractivity contribution < 1.29 is 23.0 Å². The molecular weight excluding hydrogens is 507 g/mol. The molecule has 0 aromatic heterocycles. The van der Waals surface area contributed by atoms with Crippen molar-refractivity contribution in [3.05, 3.63) is 53.6 Å². The van der Waals surface area contributed by atoms with E-state index in [1.807, 2.05) is 31.2 Å². The van der Waals surface area contributed by atoms with Crippen LogP contribution < -0.4 is 24.8 Å². The molecule has 2 rings (SSSR count). The van der Waals surface area contributed by atoms with Crippen molar-refractivity contribution in [1.29, 1.82) is 0 Å². The molecule has 6 nitrogen and oxygen atoms in total. The molecule has 0 amide bonds. The van der Waals surface area contributed by atoms with Crippen molar-refractivity contribution in [2.24, 2.45) is 4.99 Å². The smallest absolute Gasteiger partial charge is 0.387 e. The van der Waals surface area contributed by atoms with Crippen LogP contribution in [0.1, 0.15) is 25.0 Å². The van der Waals surface area contributed by atoms with Gasteiger partial charge in [-0.3, -0.25) is 0 Å². The number of aliphatic imine (C=N–C) groups is 1. The summed E-state index contributed by atoms with van der Waals surface area (Å²) in [6.07, 6.45) is 0. The molecule has 2 aromatic carbocycles. The van der Waals surface area contributed by atoms with E-state index in [2.05, 4.69) is 15.6 Å². The third-order valence-corrected chi connectivity index (χ3v) is 3.94. The number of alkyl halides is 2. The number of methoxy groups -OCH3 is 1. The lowest BCUT2D eigenvalue weighted by atomic mass is 10.2. The Balaban J connectivity index is 0.00000450. The van der Waals surface area contributed by atoms with Crippen molar-refractivity contribution in [1.82, 2.24) is 10.6 Å². The van der Waals surface area contributed by atoms with Gasteiger partial charge in [0.15, 0.2) is 17.5 Å². The molecule has 166 valence electrons. The minimum absolute atomic E-state index is 0. The molecule has 2 aromatic rings. The monoisotopic (exact) mass is 535 g/mol. The van der Waals surface area contributed by atoms with Crippen LogP contribution >= 0.6 is 24.0 Å². The molecular formula is C21H28F2IN3O3. The summed E-state index contributed by atoms with van der Waals surface area (Å²) in [7, 11) is 1.62. The maximum atomic E-state index is 12.9. The van der Waals surface area contributed by atoms with Crippen LogP contribution in [0.3, 0.4) is 0 Å².